The van der Waals surface area contributed by atoms with Crippen LogP contribution in [0.15, 0.2) is 78.9 Å². The van der Waals surface area contributed by atoms with Gasteiger partial charge < -0.3 is 15.5 Å². The van der Waals surface area contributed by atoms with Crippen molar-refractivity contribution in [1.82, 2.24) is 14.7 Å². The molecular weight excluding hydrogens is 522 g/mol. The molecule has 0 aliphatic rings. The maximum Gasteiger partial charge on any atom is 0.322 e. The topological polar surface area (TPSA) is 79.3 Å². The van der Waals surface area contributed by atoms with Gasteiger partial charge in [0.25, 0.3) is 0 Å². The summed E-state index contributed by atoms with van der Waals surface area (Å²) in [6, 6.07) is 24.5. The fourth-order valence-corrected chi connectivity index (χ4v) is 4.46. The summed E-state index contributed by atoms with van der Waals surface area (Å²) in [6.45, 7) is 10.4. The number of aryl methyl sites for hydroxylation is 1. The second-order valence-corrected chi connectivity index (χ2v) is 11.3. The lowest BCUT2D eigenvalue weighted by Crippen LogP contribution is -2.42. The molecule has 4 aromatic rings. The van der Waals surface area contributed by atoms with E-state index < -0.39 is 0 Å². The van der Waals surface area contributed by atoms with Crippen LogP contribution in [-0.2, 0) is 16.6 Å². The maximum absolute atomic E-state index is 13.5. The molecule has 0 aliphatic heterocycles. The molecule has 0 unspecified atom stereocenters. The van der Waals surface area contributed by atoms with Crippen LogP contribution in [0.4, 0.5) is 16.3 Å². The Morgan fingerprint density at radius 2 is 1.62 bits per heavy atom. The van der Waals surface area contributed by atoms with Crippen LogP contribution >= 0.6 is 11.6 Å². The number of aromatic nitrogens is 2. The number of nitrogens with one attached hydrogen (secondary N) is 2. The average molecular weight is 558 g/mol. The van der Waals surface area contributed by atoms with E-state index in [0.29, 0.717) is 29.5 Å². The standard InChI is InChI=1S/C32H36ClN5O2/c1-22-12-11-16-26(23(22)2)34-31(40)37(19-18-24-13-7-6-8-14-24)21-30(39)35-29-20-28(32(3,4)5)36-38(29)27-17-10-9-15-25(27)33/h6-17,20H,18-19,21H2,1-5H3,(H,34,40)(H,35,39). The van der Waals surface area contributed by atoms with E-state index in [4.69, 9.17) is 16.7 Å². The summed E-state index contributed by atoms with van der Waals surface area (Å²) in [6.07, 6.45) is 0.611. The van der Waals surface area contributed by atoms with E-state index >= 15 is 0 Å². The number of hydrogen-bond acceptors (Lipinski definition) is 3. The Kier molecular flexibility index (Phi) is 8.95. The maximum atomic E-state index is 13.5. The molecule has 3 aromatic carbocycles. The molecule has 1 aromatic heterocycles. The normalized spacial score (nSPS) is 11.2. The van der Waals surface area contributed by atoms with Gasteiger partial charge in [-0.2, -0.15) is 5.10 Å². The van der Waals surface area contributed by atoms with Gasteiger partial charge in [0, 0.05) is 23.7 Å². The lowest BCUT2D eigenvalue weighted by Gasteiger charge is -2.23. The van der Waals surface area contributed by atoms with Gasteiger partial charge in [-0.15, -0.1) is 0 Å². The van der Waals surface area contributed by atoms with E-state index in [0.717, 1.165) is 28.1 Å². The first kappa shape index (κ1) is 28.9. The number of benzene rings is 3. The smallest absolute Gasteiger partial charge is 0.315 e. The Morgan fingerprint density at radius 3 is 2.33 bits per heavy atom. The highest BCUT2D eigenvalue weighted by Gasteiger charge is 2.24. The Labute approximate surface area is 241 Å². The largest absolute Gasteiger partial charge is 0.322 e. The van der Waals surface area contributed by atoms with Gasteiger partial charge >= 0.3 is 6.03 Å². The molecule has 208 valence electrons. The van der Waals surface area contributed by atoms with E-state index in [-0.39, 0.29) is 23.9 Å². The predicted octanol–water partition coefficient (Wildman–Crippen LogP) is 7.16. The van der Waals surface area contributed by atoms with Crippen molar-refractivity contribution in [1.29, 1.82) is 0 Å². The second-order valence-electron chi connectivity index (χ2n) is 10.9. The summed E-state index contributed by atoms with van der Waals surface area (Å²) in [4.78, 5) is 28.4. The van der Waals surface area contributed by atoms with Gasteiger partial charge in [0.05, 0.1) is 16.4 Å². The highest BCUT2D eigenvalue weighted by atomic mass is 35.5. The predicted molar refractivity (Wildman–Crippen MR) is 163 cm³/mol. The van der Waals surface area contributed by atoms with Crippen LogP contribution in [0.3, 0.4) is 0 Å². The van der Waals surface area contributed by atoms with E-state index in [2.05, 4.69) is 31.4 Å². The first-order chi connectivity index (χ1) is 19.0. The fourth-order valence-electron chi connectivity index (χ4n) is 4.24. The number of nitrogens with zero attached hydrogens (tertiary/aromatic N) is 3. The number of carbonyl (C=O) groups is 2. The molecule has 1 heterocycles. The number of amides is 3. The van der Waals surface area contributed by atoms with Crippen molar-refractivity contribution in [3.05, 3.63) is 106 Å². The molecule has 0 bridgehead atoms. The molecule has 3 amide bonds. The van der Waals surface area contributed by atoms with E-state index in [1.807, 2.05) is 86.6 Å². The van der Waals surface area contributed by atoms with Crippen LogP contribution in [0.25, 0.3) is 5.69 Å². The molecule has 2 N–H and O–H groups in total. The zero-order valence-electron chi connectivity index (χ0n) is 23.7. The number of rotatable bonds is 8. The first-order valence-corrected chi connectivity index (χ1v) is 13.7. The minimum absolute atomic E-state index is 0.137. The monoisotopic (exact) mass is 557 g/mol. The van der Waals surface area contributed by atoms with E-state index in [1.165, 1.54) is 4.90 Å². The molecule has 0 aliphatic carbocycles. The molecule has 40 heavy (non-hydrogen) atoms. The number of anilines is 2. The van der Waals surface area contributed by atoms with Crippen LogP contribution in [0.1, 0.15) is 43.2 Å². The van der Waals surface area contributed by atoms with Gasteiger partial charge in [-0.25, -0.2) is 9.48 Å². The first-order valence-electron chi connectivity index (χ1n) is 13.3. The van der Waals surface area contributed by atoms with Crippen LogP contribution < -0.4 is 10.6 Å². The van der Waals surface area contributed by atoms with Crippen molar-refractivity contribution in [2.75, 3.05) is 23.7 Å². The minimum Gasteiger partial charge on any atom is -0.315 e. The number of halogens is 1. The van der Waals surface area contributed by atoms with Gasteiger partial charge in [-0.1, -0.05) is 87.0 Å². The molecule has 0 atom stereocenters. The molecule has 0 fully saturated rings. The number of carbonyl (C=O) groups excluding carboxylic acids is 2. The van der Waals surface area contributed by atoms with Gasteiger partial charge in [0.2, 0.25) is 5.91 Å². The van der Waals surface area contributed by atoms with Crippen LogP contribution in [0.5, 0.6) is 0 Å². The van der Waals surface area contributed by atoms with Crippen molar-refractivity contribution in [3.8, 4) is 5.69 Å². The molecule has 4 rings (SSSR count). The highest BCUT2D eigenvalue weighted by molar-refractivity contribution is 6.32. The summed E-state index contributed by atoms with van der Waals surface area (Å²) in [5.74, 6) is 0.152. The van der Waals surface area contributed by atoms with Crippen molar-refractivity contribution < 1.29 is 9.59 Å². The zero-order chi connectivity index (χ0) is 28.9. The lowest BCUT2D eigenvalue weighted by molar-refractivity contribution is -0.116. The minimum atomic E-state index is -0.338. The highest BCUT2D eigenvalue weighted by Crippen LogP contribution is 2.29. The molecule has 0 saturated carbocycles. The molecule has 0 spiro atoms. The Hall–Kier alpha value is -4.10. The van der Waals surface area contributed by atoms with E-state index in [9.17, 15) is 9.59 Å². The SMILES string of the molecule is Cc1cccc(NC(=O)N(CCc2ccccc2)CC(=O)Nc2cc(C(C)(C)C)nn2-c2ccccc2Cl)c1C. The van der Waals surface area contributed by atoms with Gasteiger partial charge in [0.15, 0.2) is 0 Å². The summed E-state index contributed by atoms with van der Waals surface area (Å²) in [7, 11) is 0. The molecule has 8 heteroatoms. The fraction of sp³-hybridized carbons (Fsp3) is 0.281. The Balaban J connectivity index is 1.58. The lowest BCUT2D eigenvalue weighted by atomic mass is 9.92. The average Bonchev–Trinajstić information content (AvgIpc) is 3.34. The molecule has 0 saturated heterocycles. The molecule has 0 radical (unpaired) electrons. The third-order valence-corrected chi connectivity index (χ3v) is 7.13. The number of urea groups is 1. The summed E-state index contributed by atoms with van der Waals surface area (Å²) < 4.78 is 1.64. The third kappa shape index (κ3) is 7.10. The summed E-state index contributed by atoms with van der Waals surface area (Å²) in [5, 5.41) is 11.2. The summed E-state index contributed by atoms with van der Waals surface area (Å²) >= 11 is 6.48. The van der Waals surface area contributed by atoms with Crippen molar-refractivity contribution in [3.63, 3.8) is 0 Å². The second kappa shape index (κ2) is 12.4. The third-order valence-electron chi connectivity index (χ3n) is 6.81. The van der Waals surface area contributed by atoms with Gasteiger partial charge in [-0.3, -0.25) is 4.79 Å². The quantitative estimate of drug-likeness (QED) is 0.241. The van der Waals surface area contributed by atoms with Crippen molar-refractivity contribution >= 4 is 35.0 Å². The van der Waals surface area contributed by atoms with Crippen LogP contribution in [0, 0.1) is 13.8 Å². The molecule has 7 nitrogen and oxygen atoms in total. The van der Waals surface area contributed by atoms with Crippen LogP contribution in [-0.4, -0.2) is 39.7 Å². The van der Waals surface area contributed by atoms with Crippen molar-refractivity contribution in [2.24, 2.45) is 0 Å². The van der Waals surface area contributed by atoms with Crippen molar-refractivity contribution in [2.45, 2.75) is 46.5 Å². The molecular formula is C32H36ClN5O2. The van der Waals surface area contributed by atoms with Gasteiger partial charge in [0.1, 0.15) is 12.4 Å². The van der Waals surface area contributed by atoms with Gasteiger partial charge in [-0.05, 0) is 55.2 Å². The summed E-state index contributed by atoms with van der Waals surface area (Å²) in [5.41, 5.74) is 5.08. The van der Waals surface area contributed by atoms with Crippen LogP contribution in [0.2, 0.25) is 5.02 Å². The van der Waals surface area contributed by atoms with E-state index in [1.54, 1.807) is 10.7 Å². The Morgan fingerprint density at radius 1 is 0.925 bits per heavy atom. The number of para-hydroxylation sites is 1. The zero-order valence-corrected chi connectivity index (χ0v) is 24.4. The Bertz CT molecular complexity index is 1490. The number of hydrogen-bond donors (Lipinski definition) is 2.